The van der Waals surface area contributed by atoms with Gasteiger partial charge in [-0.25, -0.2) is 4.99 Å². The van der Waals surface area contributed by atoms with Crippen LogP contribution in [0.25, 0.3) is 0 Å². The van der Waals surface area contributed by atoms with Gasteiger partial charge >= 0.3 is 0 Å². The molecule has 3 aromatic rings. The summed E-state index contributed by atoms with van der Waals surface area (Å²) in [5.74, 6) is 0.517. The lowest BCUT2D eigenvalue weighted by Crippen LogP contribution is -2.14. The zero-order chi connectivity index (χ0) is 19.5. The number of amidine groups is 1. The van der Waals surface area contributed by atoms with Crippen molar-refractivity contribution in [1.82, 2.24) is 0 Å². The lowest BCUT2D eigenvalue weighted by atomic mass is 10.0. The Labute approximate surface area is 166 Å². The first-order valence-electron chi connectivity index (χ1n) is 8.59. The molecule has 3 aromatic carbocycles. The Kier molecular flexibility index (Phi) is 4.87. The zero-order valence-corrected chi connectivity index (χ0v) is 15.4. The maximum absolute atomic E-state index is 11.3. The van der Waals surface area contributed by atoms with Crippen LogP contribution in [0.5, 0.6) is 0 Å². The Balaban J connectivity index is 1.82. The van der Waals surface area contributed by atoms with Crippen molar-refractivity contribution in [2.24, 2.45) is 9.98 Å². The van der Waals surface area contributed by atoms with Gasteiger partial charge in [-0.15, -0.1) is 0 Å². The normalized spacial score (nSPS) is 14.6. The summed E-state index contributed by atoms with van der Waals surface area (Å²) in [4.78, 5) is 20.0. The second-order valence-electron chi connectivity index (χ2n) is 6.15. The third-order valence-corrected chi connectivity index (χ3v) is 4.52. The summed E-state index contributed by atoms with van der Waals surface area (Å²) in [5, 5.41) is 15.1. The lowest BCUT2D eigenvalue weighted by molar-refractivity contribution is -0.384. The quantitative estimate of drug-likeness (QED) is 0.490. The number of para-hydroxylation sites is 2. The van der Waals surface area contributed by atoms with Crippen LogP contribution < -0.4 is 5.32 Å². The van der Waals surface area contributed by atoms with Gasteiger partial charge in [0.1, 0.15) is 11.5 Å². The van der Waals surface area contributed by atoms with Gasteiger partial charge in [-0.3, -0.25) is 15.1 Å². The molecule has 0 aromatic heterocycles. The standard InChI is InChI=1S/C21H15ClN4O2/c22-15-10-11-17-16(12-15)21(14-6-2-1-3-7-14)23-13-20(24-17)25-18-8-4-5-9-19(18)26(27)28/h1-12H,13H2,(H,24,25). The molecule has 0 saturated heterocycles. The first kappa shape index (κ1) is 17.9. The predicted molar refractivity (Wildman–Crippen MR) is 112 cm³/mol. The Hall–Kier alpha value is -3.51. The van der Waals surface area contributed by atoms with Crippen molar-refractivity contribution in [3.05, 3.63) is 99.1 Å². The van der Waals surface area contributed by atoms with E-state index in [0.717, 1.165) is 22.5 Å². The van der Waals surface area contributed by atoms with Crippen LogP contribution in [0.3, 0.4) is 0 Å². The molecule has 0 atom stereocenters. The zero-order valence-electron chi connectivity index (χ0n) is 14.7. The summed E-state index contributed by atoms with van der Waals surface area (Å²) < 4.78 is 0. The number of nitrogens with one attached hydrogen (secondary N) is 1. The lowest BCUT2D eigenvalue weighted by Gasteiger charge is -2.11. The Morgan fingerprint density at radius 3 is 2.57 bits per heavy atom. The van der Waals surface area contributed by atoms with Gasteiger partial charge in [0.05, 0.1) is 17.2 Å². The van der Waals surface area contributed by atoms with Gasteiger partial charge < -0.3 is 5.32 Å². The largest absolute Gasteiger partial charge is 0.342 e. The number of nitrogens with zero attached hydrogens (tertiary/aromatic N) is 3. The van der Waals surface area contributed by atoms with Gasteiger partial charge in [-0.2, -0.15) is 0 Å². The van der Waals surface area contributed by atoms with Crippen LogP contribution in [-0.2, 0) is 0 Å². The predicted octanol–water partition coefficient (Wildman–Crippen LogP) is 5.24. The number of aliphatic imine (C=N–C) groups is 2. The molecule has 1 heterocycles. The Bertz CT molecular complexity index is 1110. The Morgan fingerprint density at radius 1 is 1.04 bits per heavy atom. The molecule has 0 bridgehead atoms. The fraction of sp³-hybridized carbons (Fsp3) is 0.0476. The molecule has 0 amide bonds. The van der Waals surface area contributed by atoms with E-state index in [-0.39, 0.29) is 17.9 Å². The van der Waals surface area contributed by atoms with E-state index >= 15 is 0 Å². The first-order chi connectivity index (χ1) is 13.6. The van der Waals surface area contributed by atoms with Crippen LogP contribution in [-0.4, -0.2) is 23.0 Å². The molecule has 0 fully saturated rings. The van der Waals surface area contributed by atoms with Crippen molar-refractivity contribution in [3.8, 4) is 0 Å². The highest BCUT2D eigenvalue weighted by atomic mass is 35.5. The minimum atomic E-state index is -0.442. The highest BCUT2D eigenvalue weighted by Crippen LogP contribution is 2.29. The van der Waals surface area contributed by atoms with E-state index < -0.39 is 4.92 Å². The number of anilines is 1. The van der Waals surface area contributed by atoms with Gasteiger partial charge in [-0.05, 0) is 24.3 Å². The molecule has 0 saturated carbocycles. The van der Waals surface area contributed by atoms with Crippen molar-refractivity contribution < 1.29 is 4.92 Å². The molecule has 138 valence electrons. The topological polar surface area (TPSA) is 79.9 Å². The van der Waals surface area contributed by atoms with Crippen molar-refractivity contribution >= 4 is 40.2 Å². The Morgan fingerprint density at radius 2 is 1.79 bits per heavy atom. The number of nitro benzene ring substituents is 1. The highest BCUT2D eigenvalue weighted by Gasteiger charge is 2.19. The SMILES string of the molecule is O=[N+]([O-])c1ccccc1N=C1CN=C(c2ccccc2)c2cc(Cl)ccc2N1. The molecule has 0 radical (unpaired) electrons. The molecular weight excluding hydrogens is 376 g/mol. The fourth-order valence-electron chi connectivity index (χ4n) is 3.02. The maximum atomic E-state index is 11.3. The van der Waals surface area contributed by atoms with Crippen molar-refractivity contribution in [2.75, 3.05) is 11.9 Å². The van der Waals surface area contributed by atoms with Crippen molar-refractivity contribution in [3.63, 3.8) is 0 Å². The number of rotatable bonds is 3. The molecule has 0 unspecified atom stereocenters. The molecule has 4 rings (SSSR count). The van der Waals surface area contributed by atoms with Crippen molar-refractivity contribution in [1.29, 1.82) is 0 Å². The van der Waals surface area contributed by atoms with Gasteiger partial charge in [0.25, 0.3) is 5.69 Å². The van der Waals surface area contributed by atoms with E-state index in [9.17, 15) is 10.1 Å². The molecule has 6 nitrogen and oxygen atoms in total. The molecule has 1 N–H and O–H groups in total. The van der Waals surface area contributed by atoms with E-state index in [4.69, 9.17) is 16.6 Å². The number of benzodiazepines with no additional fused rings is 1. The summed E-state index contributed by atoms with van der Waals surface area (Å²) in [6.07, 6.45) is 0. The van der Waals surface area contributed by atoms with Crippen LogP contribution in [0.2, 0.25) is 5.02 Å². The van der Waals surface area contributed by atoms with E-state index in [0.29, 0.717) is 10.9 Å². The molecular formula is C21H15ClN4O2. The van der Waals surface area contributed by atoms with Crippen LogP contribution in [0.4, 0.5) is 17.1 Å². The average molecular weight is 391 g/mol. The second-order valence-corrected chi connectivity index (χ2v) is 6.59. The number of fused-ring (bicyclic) bond motifs is 1. The molecule has 1 aliphatic heterocycles. The monoisotopic (exact) mass is 390 g/mol. The molecule has 7 heteroatoms. The first-order valence-corrected chi connectivity index (χ1v) is 8.97. The number of halogens is 1. The van der Waals surface area contributed by atoms with Gasteiger partial charge in [0.15, 0.2) is 0 Å². The molecule has 28 heavy (non-hydrogen) atoms. The number of nitro groups is 1. The number of hydrogen-bond donors (Lipinski definition) is 1. The fourth-order valence-corrected chi connectivity index (χ4v) is 3.19. The van der Waals surface area contributed by atoms with Gasteiger partial charge in [0, 0.05) is 27.9 Å². The average Bonchev–Trinajstić information content (AvgIpc) is 2.88. The molecule has 0 aliphatic carbocycles. The van der Waals surface area contributed by atoms with Crippen LogP contribution in [0, 0.1) is 10.1 Å². The van der Waals surface area contributed by atoms with Gasteiger partial charge in [0.2, 0.25) is 0 Å². The second kappa shape index (κ2) is 7.62. The number of hydrogen-bond acceptors (Lipinski definition) is 4. The van der Waals surface area contributed by atoms with E-state index in [2.05, 4.69) is 10.3 Å². The van der Waals surface area contributed by atoms with Crippen molar-refractivity contribution in [2.45, 2.75) is 0 Å². The summed E-state index contributed by atoms with van der Waals surface area (Å²) in [6, 6.07) is 21.7. The van der Waals surface area contributed by atoms with E-state index in [1.54, 1.807) is 24.3 Å². The van der Waals surface area contributed by atoms with Crippen LogP contribution in [0.1, 0.15) is 11.1 Å². The van der Waals surface area contributed by atoms with E-state index in [1.165, 1.54) is 6.07 Å². The van der Waals surface area contributed by atoms with E-state index in [1.807, 2.05) is 42.5 Å². The molecule has 0 spiro atoms. The smallest absolute Gasteiger partial charge is 0.294 e. The minimum absolute atomic E-state index is 0.0513. The van der Waals surface area contributed by atoms with Crippen LogP contribution in [0.15, 0.2) is 82.8 Å². The van der Waals surface area contributed by atoms with Crippen LogP contribution >= 0.6 is 11.6 Å². The third-order valence-electron chi connectivity index (χ3n) is 4.28. The molecule has 1 aliphatic rings. The summed E-state index contributed by atoms with van der Waals surface area (Å²) in [7, 11) is 0. The number of benzene rings is 3. The summed E-state index contributed by atoms with van der Waals surface area (Å²) in [6.45, 7) is 0.253. The van der Waals surface area contributed by atoms with Gasteiger partial charge in [-0.1, -0.05) is 54.1 Å². The highest BCUT2D eigenvalue weighted by molar-refractivity contribution is 6.32. The third kappa shape index (κ3) is 3.63. The summed E-state index contributed by atoms with van der Waals surface area (Å²) in [5.41, 5.74) is 3.62. The summed E-state index contributed by atoms with van der Waals surface area (Å²) >= 11 is 6.22. The minimum Gasteiger partial charge on any atom is -0.342 e. The maximum Gasteiger partial charge on any atom is 0.294 e.